The van der Waals surface area contributed by atoms with E-state index >= 15 is 0 Å². The fourth-order valence-corrected chi connectivity index (χ4v) is 3.25. The largest absolute Gasteiger partial charge is 0.492 e. The molecule has 3 rings (SSSR count). The third-order valence-electron chi connectivity index (χ3n) is 4.88. The van der Waals surface area contributed by atoms with Gasteiger partial charge in [0.05, 0.1) is 12.2 Å². The van der Waals surface area contributed by atoms with Crippen molar-refractivity contribution in [3.05, 3.63) is 90.0 Å². The first-order chi connectivity index (χ1) is 14.2. The zero-order valence-electron chi connectivity index (χ0n) is 17.1. The summed E-state index contributed by atoms with van der Waals surface area (Å²) in [4.78, 5) is 15.1. The zero-order valence-corrected chi connectivity index (χ0v) is 17.1. The van der Waals surface area contributed by atoms with Crippen LogP contribution in [0.5, 0.6) is 5.75 Å². The number of nitrogens with one attached hydrogen (secondary N) is 1. The number of benzene rings is 3. The molecule has 29 heavy (non-hydrogen) atoms. The lowest BCUT2D eigenvalue weighted by atomic mass is 10.1. The molecule has 4 nitrogen and oxygen atoms in total. The molecule has 3 aromatic rings. The van der Waals surface area contributed by atoms with E-state index in [1.165, 1.54) is 5.56 Å². The lowest BCUT2D eigenvalue weighted by Gasteiger charge is -2.21. The van der Waals surface area contributed by atoms with E-state index in [2.05, 4.69) is 36.2 Å². The van der Waals surface area contributed by atoms with Gasteiger partial charge >= 0.3 is 0 Å². The SMILES string of the molecule is CCN(CC)c1ccc(NC(=O)c2ccccc2OCCc2ccccc2)cc1. The lowest BCUT2D eigenvalue weighted by molar-refractivity contribution is 0.102. The summed E-state index contributed by atoms with van der Waals surface area (Å²) in [6.45, 7) is 6.69. The van der Waals surface area contributed by atoms with E-state index in [4.69, 9.17) is 4.74 Å². The Kier molecular flexibility index (Phi) is 7.28. The standard InChI is InChI=1S/C25H28N2O2/c1-3-27(4-2)22-16-14-21(15-17-22)26-25(28)23-12-8-9-13-24(23)29-19-18-20-10-6-5-7-11-20/h5-17H,3-4,18-19H2,1-2H3,(H,26,28). The minimum atomic E-state index is -0.170. The van der Waals surface area contributed by atoms with Gasteiger partial charge in [-0.15, -0.1) is 0 Å². The maximum atomic E-state index is 12.8. The van der Waals surface area contributed by atoms with Crippen LogP contribution in [0.3, 0.4) is 0 Å². The van der Waals surface area contributed by atoms with Crippen LogP contribution in [0, 0.1) is 0 Å². The maximum absolute atomic E-state index is 12.8. The molecule has 4 heteroatoms. The molecule has 0 heterocycles. The van der Waals surface area contributed by atoms with Crippen molar-refractivity contribution < 1.29 is 9.53 Å². The molecule has 150 valence electrons. The Bertz CT molecular complexity index is 904. The fourth-order valence-electron chi connectivity index (χ4n) is 3.25. The van der Waals surface area contributed by atoms with Crippen molar-refractivity contribution in [1.29, 1.82) is 0 Å². The molecular formula is C25H28N2O2. The highest BCUT2D eigenvalue weighted by Crippen LogP contribution is 2.22. The lowest BCUT2D eigenvalue weighted by Crippen LogP contribution is -2.21. The van der Waals surface area contributed by atoms with Crippen molar-refractivity contribution in [2.24, 2.45) is 0 Å². The number of para-hydroxylation sites is 1. The van der Waals surface area contributed by atoms with Gasteiger partial charge < -0.3 is 15.0 Å². The van der Waals surface area contributed by atoms with Gasteiger partial charge in [0.1, 0.15) is 5.75 Å². The quantitative estimate of drug-likeness (QED) is 0.533. The molecule has 0 saturated carbocycles. The van der Waals surface area contributed by atoms with Crippen molar-refractivity contribution in [2.75, 3.05) is 29.9 Å². The number of rotatable bonds is 9. The molecule has 0 aromatic heterocycles. The second-order valence-electron chi connectivity index (χ2n) is 6.75. The minimum Gasteiger partial charge on any atom is -0.492 e. The highest BCUT2D eigenvalue weighted by atomic mass is 16.5. The summed E-state index contributed by atoms with van der Waals surface area (Å²) in [7, 11) is 0. The maximum Gasteiger partial charge on any atom is 0.259 e. The van der Waals surface area contributed by atoms with Crippen molar-refractivity contribution >= 4 is 17.3 Å². The van der Waals surface area contributed by atoms with E-state index in [1.807, 2.05) is 60.7 Å². The first kappa shape index (κ1) is 20.5. The van der Waals surface area contributed by atoms with E-state index in [9.17, 15) is 4.79 Å². The van der Waals surface area contributed by atoms with Gasteiger partial charge in [-0.1, -0.05) is 42.5 Å². The van der Waals surface area contributed by atoms with Gasteiger partial charge in [-0.2, -0.15) is 0 Å². The van der Waals surface area contributed by atoms with Crippen LogP contribution in [0.2, 0.25) is 0 Å². The van der Waals surface area contributed by atoms with Crippen molar-refractivity contribution in [3.63, 3.8) is 0 Å². The van der Waals surface area contributed by atoms with E-state index in [0.29, 0.717) is 17.9 Å². The van der Waals surface area contributed by atoms with Crippen LogP contribution in [0.25, 0.3) is 0 Å². The van der Waals surface area contributed by atoms with Crippen molar-refractivity contribution in [2.45, 2.75) is 20.3 Å². The summed E-state index contributed by atoms with van der Waals surface area (Å²) in [5.74, 6) is 0.427. The number of ether oxygens (including phenoxy) is 1. The summed E-state index contributed by atoms with van der Waals surface area (Å²) in [5.41, 5.74) is 3.67. The minimum absolute atomic E-state index is 0.170. The average molecular weight is 389 g/mol. The number of hydrogen-bond acceptors (Lipinski definition) is 3. The predicted molar refractivity (Wildman–Crippen MR) is 120 cm³/mol. The van der Waals surface area contributed by atoms with E-state index in [0.717, 1.165) is 30.9 Å². The predicted octanol–water partition coefficient (Wildman–Crippen LogP) is 5.41. The van der Waals surface area contributed by atoms with Crippen LogP contribution in [0.4, 0.5) is 11.4 Å². The van der Waals surface area contributed by atoms with E-state index < -0.39 is 0 Å². The second-order valence-corrected chi connectivity index (χ2v) is 6.75. The second kappa shape index (κ2) is 10.3. The molecule has 3 aromatic carbocycles. The molecule has 0 saturated heterocycles. The number of nitrogens with zero attached hydrogens (tertiary/aromatic N) is 1. The molecule has 0 atom stereocenters. The van der Waals surface area contributed by atoms with E-state index in [-0.39, 0.29) is 5.91 Å². The van der Waals surface area contributed by atoms with Crippen LogP contribution in [0.15, 0.2) is 78.9 Å². The molecule has 0 bridgehead atoms. The third-order valence-corrected chi connectivity index (χ3v) is 4.88. The first-order valence-electron chi connectivity index (χ1n) is 10.1. The molecule has 0 spiro atoms. The number of carbonyl (C=O) groups is 1. The fraction of sp³-hybridized carbons (Fsp3) is 0.240. The first-order valence-corrected chi connectivity index (χ1v) is 10.1. The molecule has 0 radical (unpaired) electrons. The average Bonchev–Trinajstić information content (AvgIpc) is 2.77. The Balaban J connectivity index is 1.63. The highest BCUT2D eigenvalue weighted by Gasteiger charge is 2.13. The third kappa shape index (κ3) is 5.61. The van der Waals surface area contributed by atoms with Crippen LogP contribution < -0.4 is 15.0 Å². The summed E-state index contributed by atoms with van der Waals surface area (Å²) in [6, 6.07) is 25.5. The summed E-state index contributed by atoms with van der Waals surface area (Å²) >= 11 is 0. The molecule has 0 unspecified atom stereocenters. The number of anilines is 2. The molecule has 1 amide bonds. The normalized spacial score (nSPS) is 10.4. The molecular weight excluding hydrogens is 360 g/mol. The molecule has 1 N–H and O–H groups in total. The molecule has 0 aliphatic carbocycles. The monoisotopic (exact) mass is 388 g/mol. The summed E-state index contributed by atoms with van der Waals surface area (Å²) in [5, 5.41) is 2.97. The Labute approximate surface area is 173 Å². The molecule has 0 aliphatic rings. The number of amides is 1. The highest BCUT2D eigenvalue weighted by molar-refractivity contribution is 6.06. The van der Waals surface area contributed by atoms with Gasteiger partial charge in [0.25, 0.3) is 5.91 Å². The topological polar surface area (TPSA) is 41.6 Å². The van der Waals surface area contributed by atoms with Gasteiger partial charge in [0, 0.05) is 30.9 Å². The van der Waals surface area contributed by atoms with Crippen LogP contribution in [-0.2, 0) is 6.42 Å². The van der Waals surface area contributed by atoms with Crippen molar-refractivity contribution in [1.82, 2.24) is 0 Å². The van der Waals surface area contributed by atoms with Crippen LogP contribution in [0.1, 0.15) is 29.8 Å². The van der Waals surface area contributed by atoms with Gasteiger partial charge in [0.2, 0.25) is 0 Å². The number of hydrogen-bond donors (Lipinski definition) is 1. The zero-order chi connectivity index (χ0) is 20.5. The summed E-state index contributed by atoms with van der Waals surface area (Å²) in [6.07, 6.45) is 0.795. The number of carbonyl (C=O) groups excluding carboxylic acids is 1. The summed E-state index contributed by atoms with van der Waals surface area (Å²) < 4.78 is 5.91. The van der Waals surface area contributed by atoms with Gasteiger partial charge in [0.15, 0.2) is 0 Å². The Morgan fingerprint density at radius 1 is 0.862 bits per heavy atom. The Hall–Kier alpha value is -3.27. The Morgan fingerprint density at radius 2 is 1.52 bits per heavy atom. The molecule has 0 fully saturated rings. The van der Waals surface area contributed by atoms with Crippen LogP contribution in [-0.4, -0.2) is 25.6 Å². The molecule has 0 aliphatic heterocycles. The van der Waals surface area contributed by atoms with Gasteiger partial charge in [-0.25, -0.2) is 0 Å². The smallest absolute Gasteiger partial charge is 0.259 e. The van der Waals surface area contributed by atoms with Gasteiger partial charge in [-0.3, -0.25) is 4.79 Å². The van der Waals surface area contributed by atoms with Crippen molar-refractivity contribution in [3.8, 4) is 5.75 Å². The van der Waals surface area contributed by atoms with E-state index in [1.54, 1.807) is 6.07 Å². The van der Waals surface area contributed by atoms with Gasteiger partial charge in [-0.05, 0) is 55.8 Å². The van der Waals surface area contributed by atoms with Crippen LogP contribution >= 0.6 is 0 Å². The Morgan fingerprint density at radius 3 is 2.21 bits per heavy atom.